The lowest BCUT2D eigenvalue weighted by atomic mass is 9.67. The summed E-state index contributed by atoms with van der Waals surface area (Å²) in [6, 6.07) is 7.98. The number of benzene rings is 1. The molecule has 2 bridgehead atoms. The number of carbonyl (C=O) groups is 1. The van der Waals surface area contributed by atoms with E-state index in [0.717, 1.165) is 35.3 Å². The number of nitrogens with zero attached hydrogens (tertiary/aromatic N) is 2. The summed E-state index contributed by atoms with van der Waals surface area (Å²) < 4.78 is 0. The smallest absolute Gasteiger partial charge is 0.217 e. The van der Waals surface area contributed by atoms with Crippen LogP contribution in [0.25, 0.3) is 11.0 Å². The lowest BCUT2D eigenvalue weighted by Gasteiger charge is -2.41. The summed E-state index contributed by atoms with van der Waals surface area (Å²) in [5, 5.41) is 3.24. The first-order chi connectivity index (χ1) is 10.3. The van der Waals surface area contributed by atoms with E-state index < -0.39 is 5.54 Å². The van der Waals surface area contributed by atoms with E-state index in [4.69, 9.17) is 9.97 Å². The van der Waals surface area contributed by atoms with Gasteiger partial charge in [-0.3, -0.25) is 4.79 Å². The van der Waals surface area contributed by atoms with Crippen LogP contribution in [-0.2, 0) is 15.7 Å². The van der Waals surface area contributed by atoms with Gasteiger partial charge in [0.15, 0.2) is 0 Å². The maximum absolute atomic E-state index is 11.9. The second-order valence-electron chi connectivity index (χ2n) is 7.45. The average Bonchev–Trinajstić information content (AvgIpc) is 2.74. The number of para-hydroxylation sites is 2. The molecule has 1 N–H and O–H groups in total. The fourth-order valence-corrected chi connectivity index (χ4v) is 4.62. The Bertz CT molecular complexity index is 813. The van der Waals surface area contributed by atoms with Crippen LogP contribution in [0.5, 0.6) is 0 Å². The van der Waals surface area contributed by atoms with Crippen molar-refractivity contribution in [2.45, 2.75) is 51.5 Å². The monoisotopic (exact) mass is 295 g/mol. The van der Waals surface area contributed by atoms with Crippen LogP contribution in [0.2, 0.25) is 0 Å². The molecule has 2 unspecified atom stereocenters. The van der Waals surface area contributed by atoms with E-state index in [1.165, 1.54) is 0 Å². The van der Waals surface area contributed by atoms with E-state index in [2.05, 4.69) is 26.1 Å². The van der Waals surface area contributed by atoms with Crippen LogP contribution in [-0.4, -0.2) is 15.9 Å². The predicted molar refractivity (Wildman–Crippen MR) is 85.4 cm³/mol. The first-order valence-electron chi connectivity index (χ1n) is 7.88. The summed E-state index contributed by atoms with van der Waals surface area (Å²) in [5.74, 6) is 0.000124. The van der Waals surface area contributed by atoms with E-state index in [9.17, 15) is 4.79 Å². The molecule has 0 aliphatic heterocycles. The van der Waals surface area contributed by atoms with Crippen molar-refractivity contribution >= 4 is 16.9 Å². The highest BCUT2D eigenvalue weighted by Crippen LogP contribution is 2.68. The highest BCUT2D eigenvalue weighted by molar-refractivity contribution is 5.78. The molecule has 4 rings (SSSR count). The van der Waals surface area contributed by atoms with Crippen molar-refractivity contribution in [1.82, 2.24) is 15.3 Å². The molecule has 2 aliphatic carbocycles. The summed E-state index contributed by atoms with van der Waals surface area (Å²) in [6.45, 7) is 8.34. The molecule has 2 aliphatic rings. The number of nitrogens with one attached hydrogen (secondary N) is 1. The Kier molecular flexibility index (Phi) is 2.40. The van der Waals surface area contributed by atoms with Gasteiger partial charge in [-0.1, -0.05) is 32.9 Å². The van der Waals surface area contributed by atoms with Crippen molar-refractivity contribution in [3.63, 3.8) is 0 Å². The van der Waals surface area contributed by atoms with E-state index >= 15 is 0 Å². The van der Waals surface area contributed by atoms with E-state index in [1.807, 2.05) is 24.3 Å². The molecule has 1 aromatic heterocycles. The Balaban J connectivity index is 2.07. The number of hydrogen-bond acceptors (Lipinski definition) is 3. The van der Waals surface area contributed by atoms with Gasteiger partial charge < -0.3 is 5.32 Å². The molecule has 0 radical (unpaired) electrons. The van der Waals surface area contributed by atoms with Gasteiger partial charge in [-0.2, -0.15) is 0 Å². The zero-order valence-corrected chi connectivity index (χ0v) is 13.5. The number of amides is 1. The fourth-order valence-electron chi connectivity index (χ4n) is 4.62. The van der Waals surface area contributed by atoms with Crippen LogP contribution in [0, 0.1) is 5.41 Å². The predicted octanol–water partition coefficient (Wildman–Crippen LogP) is 3.05. The van der Waals surface area contributed by atoms with Crippen LogP contribution < -0.4 is 5.32 Å². The topological polar surface area (TPSA) is 54.9 Å². The number of fused-ring (bicyclic) bond motifs is 6. The second kappa shape index (κ2) is 3.86. The molecule has 1 fully saturated rings. The molecule has 4 heteroatoms. The summed E-state index contributed by atoms with van der Waals surface area (Å²) in [4.78, 5) is 21.8. The molecule has 1 aromatic carbocycles. The first-order valence-corrected chi connectivity index (χ1v) is 7.88. The van der Waals surface area contributed by atoms with Gasteiger partial charge in [-0.25, -0.2) is 9.97 Å². The number of aromatic nitrogens is 2. The Labute approximate surface area is 130 Å². The van der Waals surface area contributed by atoms with Crippen molar-refractivity contribution in [3.05, 3.63) is 35.7 Å². The third-order valence-corrected chi connectivity index (χ3v) is 6.33. The summed E-state index contributed by atoms with van der Waals surface area (Å²) in [6.07, 6.45) is 1.95. The molecule has 2 atom stereocenters. The van der Waals surface area contributed by atoms with Crippen molar-refractivity contribution in [2.24, 2.45) is 5.41 Å². The molecular weight excluding hydrogens is 274 g/mol. The standard InChI is InChI=1S/C18H21N3O/c1-11(22)21-18-10-9-17(4,16(18,2)3)14-15(18)20-13-8-6-5-7-12(13)19-14/h5-8H,9-10H2,1-4H3,(H,21,22). The SMILES string of the molecule is CC(=O)NC12CCC(C)(c3nc4ccccc4nc31)C2(C)C. The molecule has 114 valence electrons. The third kappa shape index (κ3) is 1.32. The van der Waals surface area contributed by atoms with Gasteiger partial charge in [-0.15, -0.1) is 0 Å². The minimum atomic E-state index is -0.403. The van der Waals surface area contributed by atoms with Crippen LogP contribution in [0.4, 0.5) is 0 Å². The Morgan fingerprint density at radius 3 is 2.23 bits per heavy atom. The fraction of sp³-hybridized carbons (Fsp3) is 0.500. The van der Waals surface area contributed by atoms with Gasteiger partial charge in [0.2, 0.25) is 5.91 Å². The molecule has 22 heavy (non-hydrogen) atoms. The van der Waals surface area contributed by atoms with Crippen LogP contribution in [0.3, 0.4) is 0 Å². The minimum absolute atomic E-state index is 0.000124. The lowest BCUT2D eigenvalue weighted by molar-refractivity contribution is -0.122. The second-order valence-corrected chi connectivity index (χ2v) is 7.45. The highest BCUT2D eigenvalue weighted by Gasteiger charge is 2.70. The number of carbonyl (C=O) groups excluding carboxylic acids is 1. The summed E-state index contributed by atoms with van der Waals surface area (Å²) >= 11 is 0. The van der Waals surface area contributed by atoms with E-state index in [1.54, 1.807) is 6.92 Å². The molecule has 0 spiro atoms. The summed E-state index contributed by atoms with van der Waals surface area (Å²) in [5.41, 5.74) is 3.31. The van der Waals surface area contributed by atoms with Gasteiger partial charge in [0.1, 0.15) is 0 Å². The maximum Gasteiger partial charge on any atom is 0.217 e. The first kappa shape index (κ1) is 13.7. The Morgan fingerprint density at radius 2 is 1.64 bits per heavy atom. The van der Waals surface area contributed by atoms with Gasteiger partial charge in [0.05, 0.1) is 28.0 Å². The van der Waals surface area contributed by atoms with Gasteiger partial charge in [-0.05, 0) is 25.0 Å². The van der Waals surface area contributed by atoms with Crippen molar-refractivity contribution in [1.29, 1.82) is 0 Å². The largest absolute Gasteiger partial charge is 0.345 e. The number of hydrogen-bond donors (Lipinski definition) is 1. The molecule has 1 amide bonds. The molecule has 2 aromatic rings. The Morgan fingerprint density at radius 1 is 1.05 bits per heavy atom. The average molecular weight is 295 g/mol. The van der Waals surface area contributed by atoms with Gasteiger partial charge in [0, 0.05) is 17.8 Å². The zero-order valence-electron chi connectivity index (χ0n) is 13.5. The quantitative estimate of drug-likeness (QED) is 0.879. The number of rotatable bonds is 1. The summed E-state index contributed by atoms with van der Waals surface area (Å²) in [7, 11) is 0. The molecular formula is C18H21N3O. The maximum atomic E-state index is 11.9. The van der Waals surface area contributed by atoms with Crippen molar-refractivity contribution in [2.75, 3.05) is 0 Å². The van der Waals surface area contributed by atoms with E-state index in [-0.39, 0.29) is 16.7 Å². The third-order valence-electron chi connectivity index (χ3n) is 6.33. The molecule has 0 saturated heterocycles. The molecule has 4 nitrogen and oxygen atoms in total. The van der Waals surface area contributed by atoms with Crippen LogP contribution in [0.15, 0.2) is 24.3 Å². The zero-order chi connectivity index (χ0) is 15.8. The molecule has 1 heterocycles. The van der Waals surface area contributed by atoms with Crippen molar-refractivity contribution < 1.29 is 4.79 Å². The highest BCUT2D eigenvalue weighted by atomic mass is 16.1. The van der Waals surface area contributed by atoms with Gasteiger partial charge >= 0.3 is 0 Å². The minimum Gasteiger partial charge on any atom is -0.345 e. The van der Waals surface area contributed by atoms with Crippen LogP contribution >= 0.6 is 0 Å². The lowest BCUT2D eigenvalue weighted by Crippen LogP contribution is -2.52. The van der Waals surface area contributed by atoms with Crippen LogP contribution in [0.1, 0.15) is 51.9 Å². The Hall–Kier alpha value is -1.97. The molecule has 1 saturated carbocycles. The van der Waals surface area contributed by atoms with E-state index in [0.29, 0.717) is 0 Å². The van der Waals surface area contributed by atoms with Crippen molar-refractivity contribution in [3.8, 4) is 0 Å². The van der Waals surface area contributed by atoms with Gasteiger partial charge in [0.25, 0.3) is 0 Å². The normalized spacial score (nSPS) is 31.3.